The first-order valence-corrected chi connectivity index (χ1v) is 10.3. The minimum absolute atomic E-state index is 0.0221. The molecule has 9 heteroatoms. The molecule has 0 saturated heterocycles. The van der Waals surface area contributed by atoms with Crippen molar-refractivity contribution in [3.63, 3.8) is 0 Å². The fraction of sp³-hybridized carbons (Fsp3) is 0.150. The zero-order valence-corrected chi connectivity index (χ0v) is 16.8. The van der Waals surface area contributed by atoms with Crippen LogP contribution in [0.2, 0.25) is 0 Å². The maximum absolute atomic E-state index is 14.7. The molecule has 0 N–H and O–H groups in total. The molecule has 1 unspecified atom stereocenters. The number of hydrogen-bond acceptors (Lipinski definition) is 6. The highest BCUT2D eigenvalue weighted by atomic mass is 31.1. The van der Waals surface area contributed by atoms with E-state index in [9.17, 15) is 4.39 Å². The third kappa shape index (κ3) is 3.65. The molecule has 144 valence electrons. The summed E-state index contributed by atoms with van der Waals surface area (Å²) in [6.45, 7) is 2.02. The standard InChI is InChI=1S/C20H17FN7P/c1-27(29-2)19-20-25-17(10-14-7-3-4-9-23-14)26-28(20)12-16(24-19)15-8-5-6-13(11-22)18(15)21/h3-9,12,29H,10H2,1-2H3. The van der Waals surface area contributed by atoms with Crippen LogP contribution in [0.25, 0.3) is 16.9 Å². The second-order valence-corrected chi connectivity index (χ2v) is 7.42. The summed E-state index contributed by atoms with van der Waals surface area (Å²) in [5, 5.41) is 13.7. The Balaban J connectivity index is 1.86. The van der Waals surface area contributed by atoms with Crippen molar-refractivity contribution in [2.75, 3.05) is 18.4 Å². The minimum atomic E-state index is -0.594. The quantitative estimate of drug-likeness (QED) is 0.473. The highest BCUT2D eigenvalue weighted by Gasteiger charge is 2.18. The molecule has 7 nitrogen and oxygen atoms in total. The molecule has 1 atom stereocenters. The zero-order chi connectivity index (χ0) is 20.4. The van der Waals surface area contributed by atoms with Crippen LogP contribution < -0.4 is 4.67 Å². The van der Waals surface area contributed by atoms with Crippen LogP contribution in [0.15, 0.2) is 48.8 Å². The summed E-state index contributed by atoms with van der Waals surface area (Å²) in [7, 11) is 2.34. The molecule has 3 heterocycles. The molecule has 0 radical (unpaired) electrons. The predicted octanol–water partition coefficient (Wildman–Crippen LogP) is 3.45. The van der Waals surface area contributed by atoms with E-state index in [1.54, 1.807) is 29.0 Å². The summed E-state index contributed by atoms with van der Waals surface area (Å²) < 4.78 is 18.3. The first-order chi connectivity index (χ1) is 14.1. The molecular weight excluding hydrogens is 388 g/mol. The van der Waals surface area contributed by atoms with Crippen molar-refractivity contribution in [2.24, 2.45) is 0 Å². The topological polar surface area (TPSA) is 83.0 Å². The van der Waals surface area contributed by atoms with Crippen molar-refractivity contribution in [3.8, 4) is 17.3 Å². The van der Waals surface area contributed by atoms with Crippen LogP contribution in [0, 0.1) is 17.1 Å². The number of nitrogens with zero attached hydrogens (tertiary/aromatic N) is 7. The van der Waals surface area contributed by atoms with Gasteiger partial charge in [0, 0.05) is 24.5 Å². The van der Waals surface area contributed by atoms with Gasteiger partial charge in [-0.15, -0.1) is 0 Å². The number of rotatable bonds is 5. The van der Waals surface area contributed by atoms with Crippen molar-refractivity contribution < 1.29 is 4.39 Å². The lowest BCUT2D eigenvalue weighted by atomic mass is 10.1. The van der Waals surface area contributed by atoms with Crippen LogP contribution >= 0.6 is 8.73 Å². The molecule has 0 aliphatic rings. The largest absolute Gasteiger partial charge is 0.339 e. The number of aromatic nitrogens is 5. The lowest BCUT2D eigenvalue weighted by molar-refractivity contribution is 0.626. The molecule has 0 amide bonds. The molecule has 0 aliphatic heterocycles. The highest BCUT2D eigenvalue weighted by Crippen LogP contribution is 2.30. The van der Waals surface area contributed by atoms with Gasteiger partial charge >= 0.3 is 0 Å². The zero-order valence-electron chi connectivity index (χ0n) is 15.8. The van der Waals surface area contributed by atoms with E-state index in [-0.39, 0.29) is 11.1 Å². The number of pyridine rings is 1. The summed E-state index contributed by atoms with van der Waals surface area (Å²) in [4.78, 5) is 13.6. The van der Waals surface area contributed by atoms with Gasteiger partial charge in [-0.25, -0.2) is 18.9 Å². The molecule has 4 aromatic rings. The number of hydrogen-bond donors (Lipinski definition) is 0. The minimum Gasteiger partial charge on any atom is -0.339 e. The fourth-order valence-corrected chi connectivity index (χ4v) is 3.30. The maximum atomic E-state index is 14.7. The van der Waals surface area contributed by atoms with Gasteiger partial charge in [0.2, 0.25) is 0 Å². The van der Waals surface area contributed by atoms with Crippen LogP contribution in [-0.2, 0) is 6.42 Å². The summed E-state index contributed by atoms with van der Waals surface area (Å²) >= 11 is 0. The molecule has 0 spiro atoms. The van der Waals surface area contributed by atoms with E-state index >= 15 is 0 Å². The van der Waals surface area contributed by atoms with Gasteiger partial charge in [0.1, 0.15) is 11.9 Å². The van der Waals surface area contributed by atoms with Crippen molar-refractivity contribution >= 4 is 20.2 Å². The lowest BCUT2D eigenvalue weighted by Gasteiger charge is -2.17. The monoisotopic (exact) mass is 405 g/mol. The Labute approximate surface area is 168 Å². The summed E-state index contributed by atoms with van der Waals surface area (Å²) in [6.07, 6.45) is 3.85. The van der Waals surface area contributed by atoms with Gasteiger partial charge in [-0.2, -0.15) is 10.4 Å². The Morgan fingerprint density at radius 3 is 2.79 bits per heavy atom. The van der Waals surface area contributed by atoms with Crippen LogP contribution in [0.4, 0.5) is 10.2 Å². The van der Waals surface area contributed by atoms with E-state index in [4.69, 9.17) is 5.26 Å². The second-order valence-electron chi connectivity index (χ2n) is 6.31. The molecule has 0 fully saturated rings. The summed E-state index contributed by atoms with van der Waals surface area (Å²) in [6, 6.07) is 12.2. The molecule has 1 aromatic carbocycles. The third-order valence-electron chi connectivity index (χ3n) is 4.46. The maximum Gasteiger partial charge on any atom is 0.199 e. The van der Waals surface area contributed by atoms with E-state index in [0.29, 0.717) is 38.1 Å². The van der Waals surface area contributed by atoms with Gasteiger partial charge in [-0.1, -0.05) is 12.1 Å². The van der Waals surface area contributed by atoms with Gasteiger partial charge < -0.3 is 4.67 Å². The normalized spacial score (nSPS) is 11.2. The Morgan fingerprint density at radius 2 is 2.07 bits per heavy atom. The smallest absolute Gasteiger partial charge is 0.199 e. The van der Waals surface area contributed by atoms with Gasteiger partial charge in [0.15, 0.2) is 17.3 Å². The van der Waals surface area contributed by atoms with E-state index in [2.05, 4.69) is 20.1 Å². The number of nitriles is 1. The molecule has 29 heavy (non-hydrogen) atoms. The Hall–Kier alpha value is -3.43. The van der Waals surface area contributed by atoms with Gasteiger partial charge in [-0.05, 0) is 39.7 Å². The second kappa shape index (κ2) is 7.90. The van der Waals surface area contributed by atoms with Crippen LogP contribution in [0.5, 0.6) is 0 Å². The number of halogens is 1. The molecular formula is C20H17FN7P. The van der Waals surface area contributed by atoms with Crippen molar-refractivity contribution in [2.45, 2.75) is 6.42 Å². The van der Waals surface area contributed by atoms with E-state index in [1.165, 1.54) is 6.07 Å². The van der Waals surface area contributed by atoms with Crippen molar-refractivity contribution in [3.05, 3.63) is 71.7 Å². The predicted molar refractivity (Wildman–Crippen MR) is 111 cm³/mol. The fourth-order valence-electron chi connectivity index (χ4n) is 2.94. The van der Waals surface area contributed by atoms with Crippen LogP contribution in [0.1, 0.15) is 17.1 Å². The molecule has 0 aliphatic carbocycles. The molecule has 0 saturated carbocycles. The SMILES string of the molecule is CPN(C)c1nc(-c2cccc(C#N)c2F)cn2nc(Cc3ccccn3)nc12. The molecule has 4 rings (SSSR count). The average molecular weight is 405 g/mol. The Morgan fingerprint density at radius 1 is 1.21 bits per heavy atom. The number of fused-ring (bicyclic) bond motifs is 1. The van der Waals surface area contributed by atoms with Gasteiger partial charge in [0.05, 0.1) is 23.9 Å². The summed E-state index contributed by atoms with van der Waals surface area (Å²) in [5.41, 5.74) is 2.07. The first kappa shape index (κ1) is 18.9. The molecule has 0 bridgehead atoms. The lowest BCUT2D eigenvalue weighted by Crippen LogP contribution is -2.09. The number of anilines is 1. The van der Waals surface area contributed by atoms with Gasteiger partial charge in [0.25, 0.3) is 0 Å². The summed E-state index contributed by atoms with van der Waals surface area (Å²) in [5.74, 6) is 0.607. The highest BCUT2D eigenvalue weighted by molar-refractivity contribution is 7.39. The Kier molecular flexibility index (Phi) is 5.15. The van der Waals surface area contributed by atoms with Crippen molar-refractivity contribution in [1.29, 1.82) is 5.26 Å². The third-order valence-corrected chi connectivity index (χ3v) is 5.34. The van der Waals surface area contributed by atoms with Crippen LogP contribution in [0.3, 0.4) is 0 Å². The van der Waals surface area contributed by atoms with Crippen LogP contribution in [-0.4, -0.2) is 38.3 Å². The average Bonchev–Trinajstić information content (AvgIpc) is 3.15. The van der Waals surface area contributed by atoms with E-state index < -0.39 is 5.82 Å². The van der Waals surface area contributed by atoms with E-state index in [1.807, 2.05) is 42.7 Å². The van der Waals surface area contributed by atoms with Crippen molar-refractivity contribution in [1.82, 2.24) is 24.6 Å². The van der Waals surface area contributed by atoms with Gasteiger partial charge in [-0.3, -0.25) is 4.98 Å². The van der Waals surface area contributed by atoms with E-state index in [0.717, 1.165) is 5.69 Å². The number of benzene rings is 1. The Bertz CT molecular complexity index is 1220. The molecule has 3 aromatic heterocycles. The first-order valence-electron chi connectivity index (χ1n) is 8.87.